The minimum absolute atomic E-state index is 0.0657. The number of aromatic amines is 2. The molecule has 0 unspecified atom stereocenters. The number of pyridine rings is 1. The molecule has 2 N–H and O–H groups in total. The lowest BCUT2D eigenvalue weighted by atomic mass is 9.94. The second kappa shape index (κ2) is 5.29. The normalized spacial score (nSPS) is 11.5. The summed E-state index contributed by atoms with van der Waals surface area (Å²) in [6, 6.07) is 7.31. The fraction of sp³-hybridized carbons (Fsp3) is 0.118. The zero-order chi connectivity index (χ0) is 17.0. The van der Waals surface area contributed by atoms with Crippen LogP contribution in [0.15, 0.2) is 29.1 Å². The Hall–Kier alpha value is -2.44. The Labute approximate surface area is 145 Å². The van der Waals surface area contributed by atoms with Crippen LogP contribution in [0, 0.1) is 6.92 Å². The van der Waals surface area contributed by atoms with E-state index in [9.17, 15) is 9.59 Å². The Bertz CT molecular complexity index is 1170. The third-order valence-electron chi connectivity index (χ3n) is 4.01. The number of carbonyl (C=O) groups excluding carboxylic acids is 1. The van der Waals surface area contributed by atoms with Crippen LogP contribution < -0.4 is 5.56 Å². The van der Waals surface area contributed by atoms with Gasteiger partial charge in [-0.25, -0.2) is 4.98 Å². The number of nitrogens with one attached hydrogen (secondary N) is 2. The maximum absolute atomic E-state index is 12.3. The molecule has 3 heterocycles. The molecule has 0 aliphatic heterocycles. The molecule has 24 heavy (non-hydrogen) atoms. The summed E-state index contributed by atoms with van der Waals surface area (Å²) >= 11 is 7.32. The zero-order valence-corrected chi connectivity index (χ0v) is 14.4. The fourth-order valence-electron chi connectivity index (χ4n) is 3.04. The van der Waals surface area contributed by atoms with E-state index in [4.69, 9.17) is 11.6 Å². The Morgan fingerprint density at radius 2 is 1.92 bits per heavy atom. The van der Waals surface area contributed by atoms with Gasteiger partial charge in [-0.3, -0.25) is 19.8 Å². The van der Waals surface area contributed by atoms with E-state index < -0.39 is 0 Å². The first kappa shape index (κ1) is 15.1. The van der Waals surface area contributed by atoms with Crippen LogP contribution in [0.1, 0.15) is 23.0 Å². The number of Topliss-reactive ketones (excluding diaryl/α,β-unsaturated/α-hetero) is 1. The Morgan fingerprint density at radius 3 is 2.58 bits per heavy atom. The van der Waals surface area contributed by atoms with E-state index in [0.29, 0.717) is 26.5 Å². The van der Waals surface area contributed by atoms with Crippen molar-refractivity contribution in [3.05, 3.63) is 50.9 Å². The van der Waals surface area contributed by atoms with E-state index in [-0.39, 0.29) is 11.3 Å². The van der Waals surface area contributed by atoms with E-state index in [0.717, 1.165) is 21.3 Å². The van der Waals surface area contributed by atoms with Crippen LogP contribution in [0.3, 0.4) is 0 Å². The second-order valence-electron chi connectivity index (χ2n) is 5.58. The molecule has 120 valence electrons. The summed E-state index contributed by atoms with van der Waals surface area (Å²) in [5.74, 6) is -0.0657. The monoisotopic (exact) mass is 357 g/mol. The third-order valence-corrected chi connectivity index (χ3v) is 5.35. The minimum Gasteiger partial charge on any atom is -0.296 e. The van der Waals surface area contributed by atoms with Crippen LogP contribution in [-0.2, 0) is 0 Å². The van der Waals surface area contributed by atoms with E-state index in [1.165, 1.54) is 18.3 Å². The number of H-pyrrole nitrogens is 2. The molecule has 0 amide bonds. The van der Waals surface area contributed by atoms with Crippen molar-refractivity contribution in [1.82, 2.24) is 15.2 Å². The van der Waals surface area contributed by atoms with Gasteiger partial charge < -0.3 is 0 Å². The molecule has 0 bridgehead atoms. The summed E-state index contributed by atoms with van der Waals surface area (Å²) in [6.45, 7) is 3.34. The van der Waals surface area contributed by atoms with Crippen molar-refractivity contribution < 1.29 is 4.79 Å². The number of fused-ring (bicyclic) bond motifs is 3. The van der Waals surface area contributed by atoms with Gasteiger partial charge in [-0.15, -0.1) is 11.3 Å². The van der Waals surface area contributed by atoms with Crippen LogP contribution >= 0.6 is 22.9 Å². The van der Waals surface area contributed by atoms with Gasteiger partial charge in [0.25, 0.3) is 5.56 Å². The molecule has 0 saturated carbocycles. The predicted octanol–water partition coefficient (Wildman–Crippen LogP) is 4.30. The lowest BCUT2D eigenvalue weighted by molar-refractivity contribution is 0.101. The van der Waals surface area contributed by atoms with Gasteiger partial charge in [-0.05, 0) is 31.5 Å². The lowest BCUT2D eigenvalue weighted by Crippen LogP contribution is -2.03. The summed E-state index contributed by atoms with van der Waals surface area (Å²) in [7, 11) is 0. The number of benzene rings is 1. The first-order valence-electron chi connectivity index (χ1n) is 7.27. The quantitative estimate of drug-likeness (QED) is 0.525. The number of aryl methyl sites for hydroxylation is 1. The molecule has 0 aliphatic rings. The van der Waals surface area contributed by atoms with Gasteiger partial charge >= 0.3 is 0 Å². The molecule has 0 saturated heterocycles. The van der Waals surface area contributed by atoms with Crippen LogP contribution in [0.4, 0.5) is 0 Å². The lowest BCUT2D eigenvalue weighted by Gasteiger charge is -2.12. The first-order valence-corrected chi connectivity index (χ1v) is 8.47. The number of hydrogen-bond acceptors (Lipinski definition) is 4. The molecule has 0 spiro atoms. The fourth-order valence-corrected chi connectivity index (χ4v) is 4.24. The average Bonchev–Trinajstić information content (AvgIpc) is 3.06. The van der Waals surface area contributed by atoms with Gasteiger partial charge in [-0.1, -0.05) is 23.7 Å². The van der Waals surface area contributed by atoms with Gasteiger partial charge in [0.15, 0.2) is 5.78 Å². The van der Waals surface area contributed by atoms with Gasteiger partial charge in [0.05, 0.1) is 11.2 Å². The van der Waals surface area contributed by atoms with Gasteiger partial charge in [0.1, 0.15) is 9.53 Å². The van der Waals surface area contributed by atoms with Crippen molar-refractivity contribution in [2.75, 3.05) is 0 Å². The summed E-state index contributed by atoms with van der Waals surface area (Å²) in [4.78, 5) is 29.5. The summed E-state index contributed by atoms with van der Waals surface area (Å²) in [5, 5.41) is 6.91. The van der Waals surface area contributed by atoms with Gasteiger partial charge in [-0.2, -0.15) is 0 Å². The standard InChI is InChI=1S/C17H12ClN3O2S/c1-7-11(8(2)22)12(9-3-5-10(18)6-4-9)13-14-15(16(23)21-20-14)24-17(13)19-7/h3-6H,1-2H3,(H2,20,21,23). The van der Waals surface area contributed by atoms with Crippen molar-refractivity contribution >= 4 is 49.2 Å². The SMILES string of the molecule is CC(=O)c1c(C)nc2sc3c(=O)[nH][nH]c3c2c1-c1ccc(Cl)cc1. The van der Waals surface area contributed by atoms with Crippen molar-refractivity contribution in [2.24, 2.45) is 0 Å². The highest BCUT2D eigenvalue weighted by molar-refractivity contribution is 7.25. The molecule has 0 fully saturated rings. The molecular weight excluding hydrogens is 346 g/mol. The van der Waals surface area contributed by atoms with Crippen molar-refractivity contribution in [2.45, 2.75) is 13.8 Å². The largest absolute Gasteiger partial charge is 0.296 e. The average molecular weight is 358 g/mol. The molecule has 0 aliphatic carbocycles. The highest BCUT2D eigenvalue weighted by Crippen LogP contribution is 2.40. The number of thiophene rings is 1. The van der Waals surface area contributed by atoms with E-state index >= 15 is 0 Å². The third kappa shape index (κ3) is 2.11. The Morgan fingerprint density at radius 1 is 1.21 bits per heavy atom. The van der Waals surface area contributed by atoms with Gasteiger partial charge in [0.2, 0.25) is 0 Å². The zero-order valence-electron chi connectivity index (χ0n) is 12.9. The van der Waals surface area contributed by atoms with Gasteiger partial charge in [0, 0.05) is 21.5 Å². The Kier molecular flexibility index (Phi) is 3.33. The number of hydrogen-bond donors (Lipinski definition) is 2. The molecule has 7 heteroatoms. The topological polar surface area (TPSA) is 78.6 Å². The van der Waals surface area contributed by atoms with Crippen LogP contribution in [0.25, 0.3) is 31.6 Å². The molecule has 4 aromatic rings. The summed E-state index contributed by atoms with van der Waals surface area (Å²) in [6.07, 6.45) is 0. The van der Waals surface area contributed by atoms with Crippen molar-refractivity contribution in [3.8, 4) is 11.1 Å². The maximum atomic E-state index is 12.3. The van der Waals surface area contributed by atoms with Crippen LogP contribution in [-0.4, -0.2) is 21.0 Å². The number of halogens is 1. The minimum atomic E-state index is -0.183. The molecule has 0 radical (unpaired) electrons. The van der Waals surface area contributed by atoms with E-state index in [1.54, 1.807) is 12.1 Å². The Balaban J connectivity index is 2.25. The smallest absolute Gasteiger partial charge is 0.281 e. The predicted molar refractivity (Wildman–Crippen MR) is 97.3 cm³/mol. The van der Waals surface area contributed by atoms with Crippen LogP contribution in [0.2, 0.25) is 5.02 Å². The van der Waals surface area contributed by atoms with E-state index in [1.807, 2.05) is 19.1 Å². The number of rotatable bonds is 2. The highest BCUT2D eigenvalue weighted by Gasteiger charge is 2.22. The highest BCUT2D eigenvalue weighted by atomic mass is 35.5. The second-order valence-corrected chi connectivity index (χ2v) is 7.01. The summed E-state index contributed by atoms with van der Waals surface area (Å²) in [5.41, 5.74) is 3.36. The number of aromatic nitrogens is 3. The molecule has 3 aromatic heterocycles. The van der Waals surface area contributed by atoms with Crippen LogP contribution in [0.5, 0.6) is 0 Å². The van der Waals surface area contributed by atoms with E-state index in [2.05, 4.69) is 15.2 Å². The maximum Gasteiger partial charge on any atom is 0.281 e. The molecule has 4 rings (SSSR count). The van der Waals surface area contributed by atoms with Crippen molar-refractivity contribution in [1.29, 1.82) is 0 Å². The number of nitrogens with zero attached hydrogens (tertiary/aromatic N) is 1. The molecule has 1 aromatic carbocycles. The first-order chi connectivity index (χ1) is 11.5. The van der Waals surface area contributed by atoms with Crippen molar-refractivity contribution in [3.63, 3.8) is 0 Å². The molecule has 5 nitrogen and oxygen atoms in total. The summed E-state index contributed by atoms with van der Waals surface area (Å²) < 4.78 is 0.577. The molecular formula is C17H12ClN3O2S. The molecule has 0 atom stereocenters. The number of ketones is 1. The number of carbonyl (C=O) groups is 1.